The molecule has 1 amide bonds. The number of ether oxygens (including phenoxy) is 2. The first kappa shape index (κ1) is 15.4. The molecule has 0 bridgehead atoms. The summed E-state index contributed by atoms with van der Waals surface area (Å²) in [5.74, 6) is 0.967. The van der Waals surface area contributed by atoms with Crippen molar-refractivity contribution in [1.29, 1.82) is 0 Å². The molecule has 0 atom stereocenters. The Kier molecular flexibility index (Phi) is 4.90. The van der Waals surface area contributed by atoms with Gasteiger partial charge in [0.05, 0.1) is 5.56 Å². The molecule has 0 saturated heterocycles. The number of carbonyl (C=O) groups is 1. The van der Waals surface area contributed by atoms with Crippen LogP contribution in [0, 0.1) is 0 Å². The van der Waals surface area contributed by atoms with Crippen LogP contribution in [0.3, 0.4) is 0 Å². The van der Waals surface area contributed by atoms with Gasteiger partial charge in [-0.25, -0.2) is 0 Å². The van der Waals surface area contributed by atoms with E-state index in [4.69, 9.17) is 15.2 Å². The summed E-state index contributed by atoms with van der Waals surface area (Å²) >= 11 is 0. The van der Waals surface area contributed by atoms with Gasteiger partial charge in [0.15, 0.2) is 11.5 Å². The third-order valence-corrected chi connectivity index (χ3v) is 3.64. The third-order valence-electron chi connectivity index (χ3n) is 3.64. The molecule has 0 aliphatic carbocycles. The van der Waals surface area contributed by atoms with Crippen molar-refractivity contribution in [1.82, 2.24) is 10.2 Å². The molecule has 0 saturated carbocycles. The lowest BCUT2D eigenvalue weighted by molar-refractivity contribution is 0.0952. The molecule has 3 N–H and O–H groups in total. The Hall–Kier alpha value is -1.95. The monoisotopic (exact) mass is 293 g/mol. The van der Waals surface area contributed by atoms with Gasteiger partial charge in [0.1, 0.15) is 0 Å². The lowest BCUT2D eigenvalue weighted by Crippen LogP contribution is -2.31. The number of fused-ring (bicyclic) bond motifs is 1. The summed E-state index contributed by atoms with van der Waals surface area (Å²) in [7, 11) is 2.07. The van der Waals surface area contributed by atoms with Crippen molar-refractivity contribution in [2.45, 2.75) is 26.3 Å². The van der Waals surface area contributed by atoms with Crippen molar-refractivity contribution in [3.63, 3.8) is 0 Å². The van der Waals surface area contributed by atoms with E-state index in [1.165, 1.54) is 0 Å². The van der Waals surface area contributed by atoms with Crippen LogP contribution in [0.15, 0.2) is 12.1 Å². The van der Waals surface area contributed by atoms with Gasteiger partial charge in [-0.2, -0.15) is 0 Å². The number of amides is 1. The lowest BCUT2D eigenvalue weighted by atomic mass is 10.1. The minimum Gasteiger partial charge on any atom is -0.454 e. The maximum atomic E-state index is 12.1. The fraction of sp³-hybridized carbons (Fsp3) is 0.533. The molecule has 1 aromatic rings. The van der Waals surface area contributed by atoms with Crippen LogP contribution in [0.5, 0.6) is 11.5 Å². The molecule has 6 nitrogen and oxygen atoms in total. The maximum absolute atomic E-state index is 12.1. The summed E-state index contributed by atoms with van der Waals surface area (Å²) < 4.78 is 10.5. The Morgan fingerprint density at radius 1 is 1.38 bits per heavy atom. The number of rotatable bonds is 6. The first-order valence-corrected chi connectivity index (χ1v) is 7.16. The van der Waals surface area contributed by atoms with Crippen molar-refractivity contribution < 1.29 is 14.3 Å². The highest BCUT2D eigenvalue weighted by Crippen LogP contribution is 2.35. The van der Waals surface area contributed by atoms with E-state index in [9.17, 15) is 4.79 Å². The van der Waals surface area contributed by atoms with E-state index >= 15 is 0 Å². The van der Waals surface area contributed by atoms with Crippen LogP contribution in [-0.2, 0) is 0 Å². The Bertz CT molecular complexity index is 517. The molecule has 1 aromatic carbocycles. The maximum Gasteiger partial charge on any atom is 0.253 e. The van der Waals surface area contributed by atoms with Crippen LogP contribution in [0.25, 0.3) is 0 Å². The number of benzene rings is 1. The lowest BCUT2D eigenvalue weighted by Gasteiger charge is -2.20. The van der Waals surface area contributed by atoms with E-state index in [-0.39, 0.29) is 12.7 Å². The Morgan fingerprint density at radius 2 is 2.05 bits per heavy atom. The summed E-state index contributed by atoms with van der Waals surface area (Å²) in [5.41, 5.74) is 6.71. The second kappa shape index (κ2) is 6.67. The van der Waals surface area contributed by atoms with Crippen LogP contribution in [0.4, 0.5) is 5.69 Å². The van der Waals surface area contributed by atoms with E-state index in [1.54, 1.807) is 12.1 Å². The van der Waals surface area contributed by atoms with Gasteiger partial charge in [-0.15, -0.1) is 0 Å². The molecule has 1 heterocycles. The average Bonchev–Trinajstić information content (AvgIpc) is 2.88. The summed E-state index contributed by atoms with van der Waals surface area (Å²) in [4.78, 5) is 14.4. The van der Waals surface area contributed by atoms with E-state index in [1.807, 2.05) is 0 Å². The first-order valence-electron chi connectivity index (χ1n) is 7.16. The SMILES string of the molecule is CC(C)N(C)CCCNC(=O)c1cc2c(cc1N)OCO2. The standard InChI is InChI=1S/C15H23N3O3/c1-10(2)18(3)6-4-5-17-15(19)11-7-13-14(8-12(11)16)21-9-20-13/h7-8,10H,4-6,9,16H2,1-3H3,(H,17,19). The van der Waals surface area contributed by atoms with E-state index < -0.39 is 0 Å². The van der Waals surface area contributed by atoms with Gasteiger partial charge in [0.2, 0.25) is 6.79 Å². The first-order chi connectivity index (χ1) is 9.99. The normalized spacial score (nSPS) is 13.0. The molecule has 21 heavy (non-hydrogen) atoms. The van der Waals surface area contributed by atoms with Gasteiger partial charge in [0.25, 0.3) is 5.91 Å². The largest absolute Gasteiger partial charge is 0.454 e. The number of carbonyl (C=O) groups excluding carboxylic acids is 1. The van der Waals surface area contributed by atoms with Crippen LogP contribution in [0.1, 0.15) is 30.6 Å². The molecule has 0 aromatic heterocycles. The van der Waals surface area contributed by atoms with Crippen molar-refractivity contribution in [3.05, 3.63) is 17.7 Å². The van der Waals surface area contributed by atoms with E-state index in [2.05, 4.69) is 31.1 Å². The average molecular weight is 293 g/mol. The van der Waals surface area contributed by atoms with Gasteiger partial charge >= 0.3 is 0 Å². The predicted molar refractivity (Wildman–Crippen MR) is 81.7 cm³/mol. The number of nitrogen functional groups attached to an aromatic ring is 1. The van der Waals surface area contributed by atoms with Gasteiger partial charge in [-0.05, 0) is 39.9 Å². The molecule has 0 fully saturated rings. The molecule has 0 radical (unpaired) electrons. The number of nitrogens with two attached hydrogens (primary N) is 1. The number of hydrogen-bond acceptors (Lipinski definition) is 5. The molecule has 0 unspecified atom stereocenters. The highest BCUT2D eigenvalue weighted by atomic mass is 16.7. The van der Waals surface area contributed by atoms with E-state index in [0.29, 0.717) is 35.3 Å². The van der Waals surface area contributed by atoms with Crippen molar-refractivity contribution in [3.8, 4) is 11.5 Å². The quantitative estimate of drug-likeness (QED) is 0.613. The second-order valence-electron chi connectivity index (χ2n) is 5.48. The topological polar surface area (TPSA) is 76.8 Å². The predicted octanol–water partition coefficient (Wildman–Crippen LogP) is 1.46. The van der Waals surface area contributed by atoms with Gasteiger partial charge in [-0.1, -0.05) is 0 Å². The fourth-order valence-corrected chi connectivity index (χ4v) is 2.04. The molecule has 1 aliphatic heterocycles. The zero-order chi connectivity index (χ0) is 15.4. The summed E-state index contributed by atoms with van der Waals surface area (Å²) in [6.07, 6.45) is 0.894. The number of nitrogens with zero attached hydrogens (tertiary/aromatic N) is 1. The third kappa shape index (κ3) is 3.78. The smallest absolute Gasteiger partial charge is 0.253 e. The van der Waals surface area contributed by atoms with Crippen molar-refractivity contribution >= 4 is 11.6 Å². The number of nitrogens with one attached hydrogen (secondary N) is 1. The molecule has 6 heteroatoms. The number of anilines is 1. The summed E-state index contributed by atoms with van der Waals surface area (Å²) in [6.45, 7) is 6.01. The van der Waals surface area contributed by atoms with Crippen LogP contribution >= 0.6 is 0 Å². The fourth-order valence-electron chi connectivity index (χ4n) is 2.04. The van der Waals surface area contributed by atoms with Crippen molar-refractivity contribution in [2.75, 3.05) is 32.7 Å². The minimum atomic E-state index is -0.182. The molecule has 116 valence electrons. The zero-order valence-electron chi connectivity index (χ0n) is 12.8. The van der Waals surface area contributed by atoms with Gasteiger partial charge < -0.3 is 25.4 Å². The highest BCUT2D eigenvalue weighted by Gasteiger charge is 2.19. The molecule has 1 aliphatic rings. The summed E-state index contributed by atoms with van der Waals surface area (Å²) in [5, 5.41) is 2.88. The van der Waals surface area contributed by atoms with E-state index in [0.717, 1.165) is 13.0 Å². The summed E-state index contributed by atoms with van der Waals surface area (Å²) in [6, 6.07) is 3.77. The minimum absolute atomic E-state index is 0.168. The molecule has 2 rings (SSSR count). The Morgan fingerprint density at radius 3 is 2.71 bits per heavy atom. The van der Waals surface area contributed by atoms with Gasteiger partial charge in [-0.3, -0.25) is 4.79 Å². The number of hydrogen-bond donors (Lipinski definition) is 2. The van der Waals surface area contributed by atoms with Gasteiger partial charge in [0, 0.05) is 24.3 Å². The van der Waals surface area contributed by atoms with Crippen molar-refractivity contribution in [2.24, 2.45) is 0 Å². The molecule has 0 spiro atoms. The second-order valence-corrected chi connectivity index (χ2v) is 5.48. The molecular formula is C15H23N3O3. The van der Waals surface area contributed by atoms with Crippen LogP contribution < -0.4 is 20.5 Å². The van der Waals surface area contributed by atoms with Crippen LogP contribution in [-0.4, -0.2) is 43.8 Å². The Balaban J connectivity index is 1.86. The zero-order valence-corrected chi connectivity index (χ0v) is 12.8. The van der Waals surface area contributed by atoms with Crippen LogP contribution in [0.2, 0.25) is 0 Å². The Labute approximate surface area is 125 Å². The highest BCUT2D eigenvalue weighted by molar-refractivity contribution is 6.00. The molecular weight excluding hydrogens is 270 g/mol.